The minimum absolute atomic E-state index is 0.126. The summed E-state index contributed by atoms with van der Waals surface area (Å²) in [5.41, 5.74) is 1.47. The molecule has 0 unspecified atom stereocenters. The molecule has 2 heterocycles. The normalized spacial score (nSPS) is 20.9. The van der Waals surface area contributed by atoms with E-state index in [9.17, 15) is 9.50 Å². The lowest BCUT2D eigenvalue weighted by atomic mass is 9.79. The van der Waals surface area contributed by atoms with Crippen LogP contribution in [-0.2, 0) is 0 Å². The summed E-state index contributed by atoms with van der Waals surface area (Å²) in [5, 5.41) is 22.7. The SMILES string of the molecule is CNc1ccnc(-c2c(-c3ccc(F)cc3)ncn2C2CCC(O)(CCC#N)CC2)n1. The number of halogens is 1. The molecule has 0 radical (unpaired) electrons. The molecule has 2 aromatic heterocycles. The second kappa shape index (κ2) is 8.82. The fourth-order valence-electron chi connectivity index (χ4n) is 4.25. The molecule has 4 rings (SSSR count). The van der Waals surface area contributed by atoms with Gasteiger partial charge in [0, 0.05) is 31.3 Å². The van der Waals surface area contributed by atoms with Crippen LogP contribution in [0.3, 0.4) is 0 Å². The zero-order valence-corrected chi connectivity index (χ0v) is 17.4. The van der Waals surface area contributed by atoms with Gasteiger partial charge in [0.1, 0.15) is 17.3 Å². The van der Waals surface area contributed by atoms with Crippen molar-refractivity contribution in [2.24, 2.45) is 0 Å². The molecule has 31 heavy (non-hydrogen) atoms. The van der Waals surface area contributed by atoms with Gasteiger partial charge < -0.3 is 15.0 Å². The van der Waals surface area contributed by atoms with Crippen LogP contribution in [0, 0.1) is 17.1 Å². The smallest absolute Gasteiger partial charge is 0.180 e. The van der Waals surface area contributed by atoms with Crippen molar-refractivity contribution in [2.75, 3.05) is 12.4 Å². The third kappa shape index (κ3) is 4.42. The van der Waals surface area contributed by atoms with Crippen LogP contribution in [-0.4, -0.2) is 37.3 Å². The molecule has 0 saturated heterocycles. The number of aliphatic hydroxyl groups is 1. The van der Waals surface area contributed by atoms with Crippen molar-refractivity contribution in [1.82, 2.24) is 19.5 Å². The van der Waals surface area contributed by atoms with E-state index in [0.29, 0.717) is 43.0 Å². The van der Waals surface area contributed by atoms with E-state index in [2.05, 4.69) is 30.9 Å². The first-order valence-electron chi connectivity index (χ1n) is 10.5. The minimum atomic E-state index is -0.782. The van der Waals surface area contributed by atoms with Gasteiger partial charge in [-0.3, -0.25) is 0 Å². The number of imidazole rings is 1. The molecule has 1 aromatic carbocycles. The molecule has 2 N–H and O–H groups in total. The summed E-state index contributed by atoms with van der Waals surface area (Å²) in [5.74, 6) is 0.924. The highest BCUT2D eigenvalue weighted by atomic mass is 19.1. The first kappa shape index (κ1) is 20.9. The first-order chi connectivity index (χ1) is 15.0. The lowest BCUT2D eigenvalue weighted by molar-refractivity contribution is -0.0134. The summed E-state index contributed by atoms with van der Waals surface area (Å²) < 4.78 is 15.6. The molecule has 1 saturated carbocycles. The van der Waals surface area contributed by atoms with Crippen LogP contribution < -0.4 is 5.32 Å². The summed E-state index contributed by atoms with van der Waals surface area (Å²) in [6.07, 6.45) is 7.12. The molecule has 0 aliphatic heterocycles. The largest absolute Gasteiger partial charge is 0.390 e. The lowest BCUT2D eigenvalue weighted by Crippen LogP contribution is -2.34. The minimum Gasteiger partial charge on any atom is -0.390 e. The van der Waals surface area contributed by atoms with Crippen molar-refractivity contribution in [3.63, 3.8) is 0 Å². The van der Waals surface area contributed by atoms with Crippen LogP contribution in [0.25, 0.3) is 22.8 Å². The monoisotopic (exact) mass is 420 g/mol. The summed E-state index contributed by atoms with van der Waals surface area (Å²) in [6.45, 7) is 0. The number of rotatable bonds is 6. The van der Waals surface area contributed by atoms with Gasteiger partial charge in [-0.15, -0.1) is 0 Å². The van der Waals surface area contributed by atoms with Crippen molar-refractivity contribution in [3.8, 4) is 28.8 Å². The maximum atomic E-state index is 13.5. The molecule has 8 heteroatoms. The van der Waals surface area contributed by atoms with E-state index in [-0.39, 0.29) is 11.9 Å². The predicted molar refractivity (Wildman–Crippen MR) is 115 cm³/mol. The molecule has 0 spiro atoms. The zero-order valence-electron chi connectivity index (χ0n) is 17.4. The molecule has 0 bridgehead atoms. The average Bonchev–Trinajstić information content (AvgIpc) is 3.24. The zero-order chi connectivity index (χ0) is 21.8. The molecule has 7 nitrogen and oxygen atoms in total. The molecule has 0 amide bonds. The number of nitrogens with one attached hydrogen (secondary N) is 1. The third-order valence-electron chi connectivity index (χ3n) is 6.02. The molecule has 1 aliphatic carbocycles. The Balaban J connectivity index is 1.72. The van der Waals surface area contributed by atoms with Gasteiger partial charge in [0.05, 0.1) is 23.7 Å². The van der Waals surface area contributed by atoms with Crippen LogP contribution >= 0.6 is 0 Å². The maximum absolute atomic E-state index is 13.5. The Hall–Kier alpha value is -3.31. The highest BCUT2D eigenvalue weighted by Crippen LogP contribution is 2.41. The summed E-state index contributed by atoms with van der Waals surface area (Å²) in [7, 11) is 1.80. The van der Waals surface area contributed by atoms with Crippen LogP contribution in [0.15, 0.2) is 42.9 Å². The van der Waals surface area contributed by atoms with Gasteiger partial charge >= 0.3 is 0 Å². The molecule has 160 valence electrons. The summed E-state index contributed by atoms with van der Waals surface area (Å²) >= 11 is 0. The topological polar surface area (TPSA) is 99.6 Å². The van der Waals surface area contributed by atoms with Crippen LogP contribution in [0.5, 0.6) is 0 Å². The molecule has 0 atom stereocenters. The van der Waals surface area contributed by atoms with Crippen LogP contribution in [0.4, 0.5) is 10.2 Å². The molecule has 1 fully saturated rings. The van der Waals surface area contributed by atoms with Gasteiger partial charge in [-0.2, -0.15) is 5.26 Å². The molecular weight excluding hydrogens is 395 g/mol. The van der Waals surface area contributed by atoms with Crippen molar-refractivity contribution in [2.45, 2.75) is 50.2 Å². The van der Waals surface area contributed by atoms with Gasteiger partial charge in [-0.1, -0.05) is 0 Å². The number of nitriles is 1. The number of benzene rings is 1. The fraction of sp³-hybridized carbons (Fsp3) is 0.391. The summed E-state index contributed by atoms with van der Waals surface area (Å²) in [4.78, 5) is 13.7. The van der Waals surface area contributed by atoms with Crippen LogP contribution in [0.2, 0.25) is 0 Å². The standard InChI is InChI=1S/C23H25FN6O/c1-26-19-9-14-27-22(29-19)21-20(16-3-5-17(24)6-4-16)28-15-30(21)18-7-11-23(31,12-8-18)10-2-13-25/h3-6,9,14-15,18,31H,2,7-8,10-12H2,1H3,(H,26,27,29). The van der Waals surface area contributed by atoms with Gasteiger partial charge in [0.15, 0.2) is 5.82 Å². The van der Waals surface area contributed by atoms with E-state index < -0.39 is 5.60 Å². The van der Waals surface area contributed by atoms with Crippen molar-refractivity contribution in [1.29, 1.82) is 5.26 Å². The van der Waals surface area contributed by atoms with Crippen molar-refractivity contribution < 1.29 is 9.50 Å². The summed E-state index contributed by atoms with van der Waals surface area (Å²) in [6, 6.07) is 10.3. The van der Waals surface area contributed by atoms with Gasteiger partial charge in [0.2, 0.25) is 0 Å². The van der Waals surface area contributed by atoms with Gasteiger partial charge in [-0.25, -0.2) is 19.3 Å². The van der Waals surface area contributed by atoms with E-state index in [1.807, 2.05) is 0 Å². The van der Waals surface area contributed by atoms with Crippen LogP contribution in [0.1, 0.15) is 44.6 Å². The Morgan fingerprint density at radius 3 is 2.65 bits per heavy atom. The Morgan fingerprint density at radius 1 is 1.23 bits per heavy atom. The first-order valence-corrected chi connectivity index (χ1v) is 10.5. The van der Waals surface area contributed by atoms with Crippen molar-refractivity contribution >= 4 is 5.82 Å². The average molecular weight is 420 g/mol. The molecular formula is C23H25FN6O. The Labute approximate surface area is 180 Å². The van der Waals surface area contributed by atoms with Gasteiger partial charge in [0.25, 0.3) is 0 Å². The Kier molecular flexibility index (Phi) is 5.96. The van der Waals surface area contributed by atoms with E-state index in [4.69, 9.17) is 5.26 Å². The highest BCUT2D eigenvalue weighted by Gasteiger charge is 2.34. The van der Waals surface area contributed by atoms with E-state index in [0.717, 1.165) is 24.1 Å². The second-order valence-corrected chi connectivity index (χ2v) is 7.99. The number of anilines is 1. The third-order valence-corrected chi connectivity index (χ3v) is 6.02. The number of hydrogen-bond donors (Lipinski definition) is 2. The Bertz CT molecular complexity index is 1080. The number of nitrogens with zero attached hydrogens (tertiary/aromatic N) is 5. The predicted octanol–water partition coefficient (Wildman–Crippen LogP) is 4.34. The maximum Gasteiger partial charge on any atom is 0.180 e. The lowest BCUT2D eigenvalue weighted by Gasteiger charge is -2.36. The van der Waals surface area contributed by atoms with E-state index >= 15 is 0 Å². The van der Waals surface area contributed by atoms with Gasteiger partial charge in [-0.05, 0) is 62.4 Å². The number of hydrogen-bond acceptors (Lipinski definition) is 6. The highest BCUT2D eigenvalue weighted by molar-refractivity contribution is 5.75. The quantitative estimate of drug-likeness (QED) is 0.615. The van der Waals surface area contributed by atoms with E-state index in [1.165, 1.54) is 12.1 Å². The molecule has 1 aliphatic rings. The second-order valence-electron chi connectivity index (χ2n) is 7.99. The van der Waals surface area contributed by atoms with Crippen molar-refractivity contribution in [3.05, 3.63) is 48.7 Å². The Morgan fingerprint density at radius 2 is 1.97 bits per heavy atom. The fourth-order valence-corrected chi connectivity index (χ4v) is 4.25. The number of aromatic nitrogens is 4. The molecule has 3 aromatic rings. The van der Waals surface area contributed by atoms with E-state index in [1.54, 1.807) is 37.8 Å².